The third-order valence-electron chi connectivity index (χ3n) is 3.83. The van der Waals surface area contributed by atoms with Crippen LogP contribution in [0.5, 0.6) is 5.75 Å². The molecule has 0 atom stereocenters. The Bertz CT molecular complexity index is 659. The lowest BCUT2D eigenvalue weighted by Crippen LogP contribution is -2.24. The van der Waals surface area contributed by atoms with Gasteiger partial charge in [0.05, 0.1) is 6.61 Å². The van der Waals surface area contributed by atoms with Crippen LogP contribution in [0.4, 0.5) is 0 Å². The van der Waals surface area contributed by atoms with Crippen molar-refractivity contribution in [3.05, 3.63) is 59.1 Å². The lowest BCUT2D eigenvalue weighted by molar-refractivity contribution is -0.121. The molecule has 140 valence electrons. The van der Waals surface area contributed by atoms with E-state index >= 15 is 0 Å². The first-order chi connectivity index (χ1) is 12.7. The number of amides is 1. The van der Waals surface area contributed by atoms with Gasteiger partial charge in [-0.3, -0.25) is 4.79 Å². The van der Waals surface area contributed by atoms with E-state index in [-0.39, 0.29) is 5.91 Å². The Labute approximate surface area is 165 Å². The van der Waals surface area contributed by atoms with Crippen molar-refractivity contribution in [1.82, 2.24) is 5.32 Å². The molecule has 1 amide bonds. The predicted molar refractivity (Wildman–Crippen MR) is 110 cm³/mol. The summed E-state index contributed by atoms with van der Waals surface area (Å²) in [5, 5.41) is 3.75. The molecule has 0 saturated heterocycles. The van der Waals surface area contributed by atoms with Crippen LogP contribution in [0.3, 0.4) is 0 Å². The van der Waals surface area contributed by atoms with Crippen molar-refractivity contribution >= 4 is 29.3 Å². The van der Waals surface area contributed by atoms with Crippen molar-refractivity contribution < 1.29 is 9.53 Å². The predicted octanol–water partition coefficient (Wildman–Crippen LogP) is 5.36. The Hall–Kier alpha value is -1.65. The van der Waals surface area contributed by atoms with Crippen LogP contribution in [0, 0.1) is 0 Å². The number of aryl methyl sites for hydroxylation is 1. The SMILES string of the molecule is CCOc1ccc(CCCNC(=O)CCCSc2ccc(Cl)cc2)cc1. The number of carbonyl (C=O) groups is 1. The highest BCUT2D eigenvalue weighted by atomic mass is 35.5. The van der Waals surface area contributed by atoms with Gasteiger partial charge in [-0.2, -0.15) is 0 Å². The summed E-state index contributed by atoms with van der Waals surface area (Å²) in [6.45, 7) is 3.38. The van der Waals surface area contributed by atoms with Crippen molar-refractivity contribution in [3.8, 4) is 5.75 Å². The Balaban J connectivity index is 1.52. The Morgan fingerprint density at radius 1 is 1.08 bits per heavy atom. The molecule has 0 aromatic heterocycles. The minimum absolute atomic E-state index is 0.133. The van der Waals surface area contributed by atoms with Crippen LogP contribution in [0.2, 0.25) is 5.02 Å². The number of carbonyl (C=O) groups excluding carboxylic acids is 1. The molecule has 2 rings (SSSR count). The normalized spacial score (nSPS) is 10.5. The van der Waals surface area contributed by atoms with Gasteiger partial charge in [-0.05, 0) is 73.9 Å². The van der Waals surface area contributed by atoms with Gasteiger partial charge in [-0.25, -0.2) is 0 Å². The highest BCUT2D eigenvalue weighted by Crippen LogP contribution is 2.21. The van der Waals surface area contributed by atoms with Crippen LogP contribution < -0.4 is 10.1 Å². The van der Waals surface area contributed by atoms with E-state index in [1.165, 1.54) is 10.5 Å². The third-order valence-corrected chi connectivity index (χ3v) is 5.18. The zero-order valence-corrected chi connectivity index (χ0v) is 16.7. The smallest absolute Gasteiger partial charge is 0.220 e. The third kappa shape index (κ3) is 8.15. The van der Waals surface area contributed by atoms with Gasteiger partial charge in [-0.15, -0.1) is 11.8 Å². The van der Waals surface area contributed by atoms with Crippen LogP contribution in [0.15, 0.2) is 53.4 Å². The second-order valence-electron chi connectivity index (χ2n) is 5.94. The second kappa shape index (κ2) is 11.9. The first-order valence-electron chi connectivity index (χ1n) is 9.04. The summed E-state index contributed by atoms with van der Waals surface area (Å²) < 4.78 is 5.43. The topological polar surface area (TPSA) is 38.3 Å². The van der Waals surface area contributed by atoms with Gasteiger partial charge in [0.15, 0.2) is 0 Å². The molecule has 3 nitrogen and oxygen atoms in total. The molecule has 0 aliphatic rings. The summed E-state index contributed by atoms with van der Waals surface area (Å²) in [5.41, 5.74) is 1.27. The van der Waals surface area contributed by atoms with Crippen LogP contribution in [-0.2, 0) is 11.2 Å². The van der Waals surface area contributed by atoms with Crippen molar-refractivity contribution in [1.29, 1.82) is 0 Å². The lowest BCUT2D eigenvalue weighted by Gasteiger charge is -2.07. The largest absolute Gasteiger partial charge is 0.494 e. The maximum absolute atomic E-state index is 11.9. The van der Waals surface area contributed by atoms with E-state index in [1.807, 2.05) is 43.3 Å². The van der Waals surface area contributed by atoms with E-state index in [4.69, 9.17) is 16.3 Å². The number of benzene rings is 2. The maximum Gasteiger partial charge on any atom is 0.220 e. The van der Waals surface area contributed by atoms with Crippen molar-refractivity contribution in [3.63, 3.8) is 0 Å². The standard InChI is InChI=1S/C21H26ClNO2S/c1-2-25-19-11-7-17(8-12-19)5-3-15-23-21(24)6-4-16-26-20-13-9-18(22)10-14-20/h7-14H,2-6,15-16H2,1H3,(H,23,24). The molecule has 1 N–H and O–H groups in total. The van der Waals surface area contributed by atoms with E-state index in [2.05, 4.69) is 17.4 Å². The fourth-order valence-corrected chi connectivity index (χ4v) is 3.46. The zero-order valence-electron chi connectivity index (χ0n) is 15.2. The van der Waals surface area contributed by atoms with E-state index in [0.717, 1.165) is 42.3 Å². The van der Waals surface area contributed by atoms with E-state index in [1.54, 1.807) is 11.8 Å². The number of ether oxygens (including phenoxy) is 1. The highest BCUT2D eigenvalue weighted by Gasteiger charge is 2.02. The van der Waals surface area contributed by atoms with Crippen molar-refractivity contribution in [2.75, 3.05) is 18.9 Å². The maximum atomic E-state index is 11.9. The van der Waals surface area contributed by atoms with Crippen molar-refractivity contribution in [2.24, 2.45) is 0 Å². The fraction of sp³-hybridized carbons (Fsp3) is 0.381. The van der Waals surface area contributed by atoms with Gasteiger partial charge in [-0.1, -0.05) is 23.7 Å². The zero-order chi connectivity index (χ0) is 18.6. The van der Waals surface area contributed by atoms with Gasteiger partial charge in [0, 0.05) is 22.9 Å². The minimum Gasteiger partial charge on any atom is -0.494 e. The molecule has 0 aliphatic heterocycles. The lowest BCUT2D eigenvalue weighted by atomic mass is 10.1. The molecule has 0 saturated carbocycles. The molecule has 0 heterocycles. The first kappa shape index (κ1) is 20.7. The number of hydrogen-bond donors (Lipinski definition) is 1. The van der Waals surface area contributed by atoms with Crippen LogP contribution in [0.1, 0.15) is 31.7 Å². The molecular formula is C21H26ClNO2S. The summed E-state index contributed by atoms with van der Waals surface area (Å²) in [5.74, 6) is 1.97. The van der Waals surface area contributed by atoms with Crippen LogP contribution in [-0.4, -0.2) is 24.8 Å². The van der Waals surface area contributed by atoms with Gasteiger partial charge in [0.25, 0.3) is 0 Å². The van der Waals surface area contributed by atoms with Crippen molar-refractivity contribution in [2.45, 2.75) is 37.5 Å². The molecule has 0 unspecified atom stereocenters. The van der Waals surface area contributed by atoms with Gasteiger partial charge >= 0.3 is 0 Å². The molecule has 0 radical (unpaired) electrons. The van der Waals surface area contributed by atoms with E-state index < -0.39 is 0 Å². The molecule has 26 heavy (non-hydrogen) atoms. The van der Waals surface area contributed by atoms with Gasteiger partial charge < -0.3 is 10.1 Å². The minimum atomic E-state index is 0.133. The monoisotopic (exact) mass is 391 g/mol. The highest BCUT2D eigenvalue weighted by molar-refractivity contribution is 7.99. The molecule has 5 heteroatoms. The van der Waals surface area contributed by atoms with E-state index in [0.29, 0.717) is 13.0 Å². The summed E-state index contributed by atoms with van der Waals surface area (Å²) in [4.78, 5) is 13.1. The van der Waals surface area contributed by atoms with Gasteiger partial charge in [0.1, 0.15) is 5.75 Å². The van der Waals surface area contributed by atoms with Crippen LogP contribution >= 0.6 is 23.4 Å². The Kier molecular flexibility index (Phi) is 9.43. The summed E-state index contributed by atoms with van der Waals surface area (Å²) in [7, 11) is 0. The average Bonchev–Trinajstić information content (AvgIpc) is 2.65. The number of halogens is 1. The number of nitrogens with one attached hydrogen (secondary N) is 1. The fourth-order valence-electron chi connectivity index (χ4n) is 2.48. The molecule has 0 fully saturated rings. The summed E-state index contributed by atoms with van der Waals surface area (Å²) in [6, 6.07) is 16.0. The Morgan fingerprint density at radius 2 is 1.81 bits per heavy atom. The molecular weight excluding hydrogens is 366 g/mol. The van der Waals surface area contributed by atoms with E-state index in [9.17, 15) is 4.79 Å². The molecule has 0 aliphatic carbocycles. The Morgan fingerprint density at radius 3 is 2.50 bits per heavy atom. The second-order valence-corrected chi connectivity index (χ2v) is 7.54. The van der Waals surface area contributed by atoms with Crippen LogP contribution in [0.25, 0.3) is 0 Å². The molecule has 2 aromatic carbocycles. The molecule has 2 aromatic rings. The molecule has 0 spiro atoms. The number of thioether (sulfide) groups is 1. The number of rotatable bonds is 11. The van der Waals surface area contributed by atoms with Gasteiger partial charge in [0.2, 0.25) is 5.91 Å². The number of hydrogen-bond acceptors (Lipinski definition) is 3. The summed E-state index contributed by atoms with van der Waals surface area (Å²) in [6.07, 6.45) is 3.35. The average molecular weight is 392 g/mol. The molecule has 0 bridgehead atoms. The first-order valence-corrected chi connectivity index (χ1v) is 10.4. The quantitative estimate of drug-likeness (QED) is 0.414. The summed E-state index contributed by atoms with van der Waals surface area (Å²) >= 11 is 7.62.